The van der Waals surface area contributed by atoms with Crippen LogP contribution >= 0.6 is 15.9 Å². The highest BCUT2D eigenvalue weighted by molar-refractivity contribution is 9.10. The molecule has 4 heteroatoms. The Kier molecular flexibility index (Phi) is 5.02. The van der Waals surface area contributed by atoms with E-state index >= 15 is 0 Å². The fourth-order valence-corrected chi connectivity index (χ4v) is 2.59. The molecule has 0 saturated heterocycles. The standard InChI is InChI=1S/C17H19BrN2O/c1-3-20(11-13-7-4-5-10-16(13)19)17(21)14-8-6-9-15(18)12(14)2/h4-10H,3,11,19H2,1-2H3. The quantitative estimate of drug-likeness (QED) is 0.850. The maximum Gasteiger partial charge on any atom is 0.254 e. The summed E-state index contributed by atoms with van der Waals surface area (Å²) in [7, 11) is 0. The van der Waals surface area contributed by atoms with E-state index in [1.54, 1.807) is 4.90 Å². The molecule has 110 valence electrons. The van der Waals surface area contributed by atoms with Crippen molar-refractivity contribution in [3.63, 3.8) is 0 Å². The second-order valence-electron chi connectivity index (χ2n) is 4.93. The molecule has 0 aliphatic carbocycles. The SMILES string of the molecule is CCN(Cc1ccccc1N)C(=O)c1cccc(Br)c1C. The maximum atomic E-state index is 12.7. The molecule has 0 spiro atoms. The van der Waals surface area contributed by atoms with Crippen molar-refractivity contribution in [2.45, 2.75) is 20.4 Å². The van der Waals surface area contributed by atoms with Crippen molar-refractivity contribution in [3.05, 3.63) is 63.6 Å². The van der Waals surface area contributed by atoms with Crippen LogP contribution in [-0.4, -0.2) is 17.4 Å². The van der Waals surface area contributed by atoms with Crippen LogP contribution in [0.15, 0.2) is 46.9 Å². The van der Waals surface area contributed by atoms with Crippen molar-refractivity contribution < 1.29 is 4.79 Å². The third kappa shape index (κ3) is 3.45. The maximum absolute atomic E-state index is 12.7. The lowest BCUT2D eigenvalue weighted by Gasteiger charge is -2.23. The molecule has 0 aromatic heterocycles. The molecule has 0 heterocycles. The van der Waals surface area contributed by atoms with Crippen molar-refractivity contribution >= 4 is 27.5 Å². The summed E-state index contributed by atoms with van der Waals surface area (Å²) in [6, 6.07) is 13.3. The lowest BCUT2D eigenvalue weighted by molar-refractivity contribution is 0.0752. The van der Waals surface area contributed by atoms with E-state index in [0.717, 1.165) is 26.9 Å². The van der Waals surface area contributed by atoms with E-state index in [2.05, 4.69) is 15.9 Å². The van der Waals surface area contributed by atoms with Gasteiger partial charge in [0.25, 0.3) is 5.91 Å². The number of carbonyl (C=O) groups is 1. The number of hydrogen-bond acceptors (Lipinski definition) is 2. The second kappa shape index (κ2) is 6.76. The topological polar surface area (TPSA) is 46.3 Å². The number of rotatable bonds is 4. The summed E-state index contributed by atoms with van der Waals surface area (Å²) in [6.07, 6.45) is 0. The molecule has 2 aromatic carbocycles. The summed E-state index contributed by atoms with van der Waals surface area (Å²) in [6.45, 7) is 5.08. The first-order valence-corrected chi connectivity index (χ1v) is 7.71. The largest absolute Gasteiger partial charge is 0.398 e. The molecular weight excluding hydrogens is 328 g/mol. The van der Waals surface area contributed by atoms with Crippen LogP contribution in [0.4, 0.5) is 5.69 Å². The van der Waals surface area contributed by atoms with Crippen LogP contribution < -0.4 is 5.73 Å². The van der Waals surface area contributed by atoms with Gasteiger partial charge in [0.05, 0.1) is 0 Å². The highest BCUT2D eigenvalue weighted by Crippen LogP contribution is 2.22. The van der Waals surface area contributed by atoms with Gasteiger partial charge < -0.3 is 10.6 Å². The van der Waals surface area contributed by atoms with Gasteiger partial charge in [0, 0.05) is 28.8 Å². The van der Waals surface area contributed by atoms with Crippen molar-refractivity contribution in [3.8, 4) is 0 Å². The third-order valence-electron chi connectivity index (χ3n) is 3.58. The normalized spacial score (nSPS) is 10.4. The van der Waals surface area contributed by atoms with Gasteiger partial charge in [-0.3, -0.25) is 4.79 Å². The Morgan fingerprint density at radius 3 is 2.57 bits per heavy atom. The Morgan fingerprint density at radius 2 is 1.90 bits per heavy atom. The minimum Gasteiger partial charge on any atom is -0.398 e. The van der Waals surface area contributed by atoms with Crippen LogP contribution in [0.2, 0.25) is 0 Å². The number of amides is 1. The van der Waals surface area contributed by atoms with Gasteiger partial charge in [-0.15, -0.1) is 0 Å². The van der Waals surface area contributed by atoms with E-state index in [1.165, 1.54) is 0 Å². The van der Waals surface area contributed by atoms with E-state index in [0.29, 0.717) is 13.1 Å². The molecule has 2 aromatic rings. The van der Waals surface area contributed by atoms with Gasteiger partial charge in [-0.25, -0.2) is 0 Å². The summed E-state index contributed by atoms with van der Waals surface area (Å²) in [5, 5.41) is 0. The van der Waals surface area contributed by atoms with Crippen molar-refractivity contribution in [2.75, 3.05) is 12.3 Å². The number of nitrogens with two attached hydrogens (primary N) is 1. The minimum atomic E-state index is 0.0274. The first kappa shape index (κ1) is 15.6. The zero-order valence-corrected chi connectivity index (χ0v) is 13.9. The van der Waals surface area contributed by atoms with Gasteiger partial charge in [0.2, 0.25) is 0 Å². The molecule has 0 atom stereocenters. The van der Waals surface area contributed by atoms with E-state index in [1.807, 2.05) is 56.3 Å². The molecule has 0 bridgehead atoms. The molecule has 2 rings (SSSR count). The number of nitrogen functional groups attached to an aromatic ring is 1. The number of nitrogens with zero attached hydrogens (tertiary/aromatic N) is 1. The van der Waals surface area contributed by atoms with E-state index in [9.17, 15) is 4.79 Å². The molecular formula is C17H19BrN2O. The predicted octanol–water partition coefficient (Wildman–Crippen LogP) is 4.00. The monoisotopic (exact) mass is 346 g/mol. The number of benzene rings is 2. The van der Waals surface area contributed by atoms with Crippen LogP contribution in [0.3, 0.4) is 0 Å². The Balaban J connectivity index is 2.27. The molecule has 2 N–H and O–H groups in total. The fourth-order valence-electron chi connectivity index (χ4n) is 2.22. The number of anilines is 1. The van der Waals surface area contributed by atoms with Crippen LogP contribution in [-0.2, 0) is 6.54 Å². The molecule has 0 aliphatic heterocycles. The third-order valence-corrected chi connectivity index (χ3v) is 4.44. The molecule has 0 aliphatic rings. The Bertz CT molecular complexity index is 655. The van der Waals surface area contributed by atoms with Gasteiger partial charge in [-0.2, -0.15) is 0 Å². The van der Waals surface area contributed by atoms with Crippen LogP contribution in [0.25, 0.3) is 0 Å². The number of hydrogen-bond donors (Lipinski definition) is 1. The molecule has 1 amide bonds. The molecule has 3 nitrogen and oxygen atoms in total. The number of carbonyl (C=O) groups excluding carboxylic acids is 1. The van der Waals surface area contributed by atoms with Gasteiger partial charge in [0.15, 0.2) is 0 Å². The second-order valence-corrected chi connectivity index (χ2v) is 5.78. The first-order valence-electron chi connectivity index (χ1n) is 6.92. The average molecular weight is 347 g/mol. The Labute approximate surface area is 133 Å². The molecule has 0 radical (unpaired) electrons. The van der Waals surface area contributed by atoms with Crippen LogP contribution in [0.5, 0.6) is 0 Å². The summed E-state index contributed by atoms with van der Waals surface area (Å²) >= 11 is 3.47. The zero-order valence-electron chi connectivity index (χ0n) is 12.3. The number of para-hydroxylation sites is 1. The smallest absolute Gasteiger partial charge is 0.254 e. The highest BCUT2D eigenvalue weighted by atomic mass is 79.9. The first-order chi connectivity index (χ1) is 10.0. The fraction of sp³-hybridized carbons (Fsp3) is 0.235. The summed E-state index contributed by atoms with van der Waals surface area (Å²) < 4.78 is 0.948. The zero-order chi connectivity index (χ0) is 15.4. The molecule has 0 saturated carbocycles. The summed E-state index contributed by atoms with van der Waals surface area (Å²) in [5.41, 5.74) is 9.34. The van der Waals surface area contributed by atoms with Gasteiger partial charge in [-0.1, -0.05) is 40.2 Å². The lowest BCUT2D eigenvalue weighted by atomic mass is 10.1. The lowest BCUT2D eigenvalue weighted by Crippen LogP contribution is -2.31. The molecule has 0 unspecified atom stereocenters. The molecule has 21 heavy (non-hydrogen) atoms. The van der Waals surface area contributed by atoms with Gasteiger partial charge >= 0.3 is 0 Å². The van der Waals surface area contributed by atoms with Crippen molar-refractivity contribution in [1.29, 1.82) is 0 Å². The highest BCUT2D eigenvalue weighted by Gasteiger charge is 2.18. The van der Waals surface area contributed by atoms with E-state index in [4.69, 9.17) is 5.73 Å². The Morgan fingerprint density at radius 1 is 1.19 bits per heavy atom. The van der Waals surface area contributed by atoms with Crippen LogP contribution in [0.1, 0.15) is 28.4 Å². The van der Waals surface area contributed by atoms with Gasteiger partial charge in [-0.05, 0) is 43.2 Å². The number of halogens is 1. The van der Waals surface area contributed by atoms with E-state index < -0.39 is 0 Å². The van der Waals surface area contributed by atoms with Gasteiger partial charge in [0.1, 0.15) is 0 Å². The minimum absolute atomic E-state index is 0.0274. The van der Waals surface area contributed by atoms with E-state index in [-0.39, 0.29) is 5.91 Å². The van der Waals surface area contributed by atoms with Crippen molar-refractivity contribution in [1.82, 2.24) is 4.90 Å². The summed E-state index contributed by atoms with van der Waals surface area (Å²) in [5.74, 6) is 0.0274. The van der Waals surface area contributed by atoms with Crippen molar-refractivity contribution in [2.24, 2.45) is 0 Å². The molecule has 0 fully saturated rings. The Hall–Kier alpha value is -1.81. The predicted molar refractivity (Wildman–Crippen MR) is 90.1 cm³/mol. The summed E-state index contributed by atoms with van der Waals surface area (Å²) in [4.78, 5) is 14.5. The van der Waals surface area contributed by atoms with Crippen LogP contribution in [0, 0.1) is 6.92 Å². The average Bonchev–Trinajstić information content (AvgIpc) is 2.48.